The van der Waals surface area contributed by atoms with Crippen LogP contribution in [-0.2, 0) is 4.79 Å². The quantitative estimate of drug-likeness (QED) is 0.831. The fraction of sp³-hybridized carbons (Fsp3) is 0.263. The van der Waals surface area contributed by atoms with Gasteiger partial charge in [0.15, 0.2) is 28.8 Å². The normalized spacial score (nSPS) is 14.0. The molecular weight excluding hydrogens is 338 g/mol. The number of ether oxygens (including phenoxy) is 4. The van der Waals surface area contributed by atoms with Gasteiger partial charge in [0.1, 0.15) is 13.2 Å². The third-order valence-electron chi connectivity index (χ3n) is 4.10. The predicted octanol–water partition coefficient (Wildman–Crippen LogP) is 2.79. The molecule has 0 aliphatic carbocycles. The van der Waals surface area contributed by atoms with Gasteiger partial charge in [-0.1, -0.05) is 0 Å². The van der Waals surface area contributed by atoms with Crippen LogP contribution < -0.4 is 24.3 Å². The summed E-state index contributed by atoms with van der Waals surface area (Å²) < 4.78 is 21.4. The van der Waals surface area contributed by atoms with Crippen molar-refractivity contribution in [1.29, 1.82) is 0 Å². The van der Waals surface area contributed by atoms with E-state index in [1.165, 1.54) is 0 Å². The zero-order valence-electron chi connectivity index (χ0n) is 13.9. The van der Waals surface area contributed by atoms with Gasteiger partial charge in [-0.15, -0.1) is 0 Å². The second kappa shape index (κ2) is 6.95. The van der Waals surface area contributed by atoms with E-state index in [1.54, 1.807) is 36.4 Å². The molecule has 0 saturated carbocycles. The Morgan fingerprint density at radius 1 is 0.808 bits per heavy atom. The largest absolute Gasteiger partial charge is 0.486 e. The Balaban J connectivity index is 1.33. The van der Waals surface area contributed by atoms with Crippen molar-refractivity contribution in [3.63, 3.8) is 0 Å². The molecule has 0 spiro atoms. The van der Waals surface area contributed by atoms with Crippen LogP contribution in [0.4, 0.5) is 5.69 Å². The van der Waals surface area contributed by atoms with E-state index < -0.39 is 0 Å². The van der Waals surface area contributed by atoms with E-state index >= 15 is 0 Å². The molecule has 0 aromatic heterocycles. The number of hydrogen-bond acceptors (Lipinski definition) is 6. The molecule has 134 valence electrons. The maximum absolute atomic E-state index is 12.3. The van der Waals surface area contributed by atoms with Crippen molar-refractivity contribution in [1.82, 2.24) is 0 Å². The van der Waals surface area contributed by atoms with Crippen molar-refractivity contribution < 1.29 is 28.5 Å². The zero-order valence-corrected chi connectivity index (χ0v) is 13.9. The summed E-state index contributed by atoms with van der Waals surface area (Å²) in [4.78, 5) is 24.4. The number of anilines is 1. The first-order valence-corrected chi connectivity index (χ1v) is 8.31. The third kappa shape index (κ3) is 3.42. The van der Waals surface area contributed by atoms with Crippen LogP contribution in [0.3, 0.4) is 0 Å². The van der Waals surface area contributed by atoms with Gasteiger partial charge in [-0.05, 0) is 30.3 Å². The molecule has 1 amide bonds. The molecule has 0 saturated heterocycles. The fourth-order valence-electron chi connectivity index (χ4n) is 2.79. The van der Waals surface area contributed by atoms with Crippen LogP contribution in [-0.4, -0.2) is 31.7 Å². The van der Waals surface area contributed by atoms with Crippen LogP contribution in [0.1, 0.15) is 23.2 Å². The second-order valence-corrected chi connectivity index (χ2v) is 5.90. The average molecular weight is 355 g/mol. The Kier molecular flexibility index (Phi) is 4.35. The predicted molar refractivity (Wildman–Crippen MR) is 92.2 cm³/mol. The highest BCUT2D eigenvalue weighted by Crippen LogP contribution is 2.34. The molecule has 0 atom stereocenters. The Morgan fingerprint density at radius 3 is 2.38 bits per heavy atom. The number of hydrogen-bond donors (Lipinski definition) is 1. The molecule has 2 aliphatic rings. The first-order valence-electron chi connectivity index (χ1n) is 8.31. The molecular formula is C19H17NO6. The fourth-order valence-corrected chi connectivity index (χ4v) is 2.79. The SMILES string of the molecule is O=C(CCC(=O)c1ccc2c(c1)OCCO2)Nc1ccc2c(c1)OCO2. The van der Waals surface area contributed by atoms with Crippen LogP contribution in [0.2, 0.25) is 0 Å². The van der Waals surface area contributed by atoms with E-state index in [0.717, 1.165) is 0 Å². The zero-order chi connectivity index (χ0) is 17.9. The molecule has 4 rings (SSSR count). The highest BCUT2D eigenvalue weighted by atomic mass is 16.7. The number of carbonyl (C=O) groups is 2. The number of fused-ring (bicyclic) bond motifs is 2. The molecule has 26 heavy (non-hydrogen) atoms. The molecule has 0 radical (unpaired) electrons. The van der Waals surface area contributed by atoms with Crippen molar-refractivity contribution >= 4 is 17.4 Å². The first-order chi connectivity index (χ1) is 12.7. The first kappa shape index (κ1) is 16.3. The monoisotopic (exact) mass is 355 g/mol. The molecule has 7 heteroatoms. The Morgan fingerprint density at radius 2 is 1.50 bits per heavy atom. The number of nitrogens with one attached hydrogen (secondary N) is 1. The van der Waals surface area contributed by atoms with Crippen LogP contribution in [0.15, 0.2) is 36.4 Å². The van der Waals surface area contributed by atoms with Gasteiger partial charge in [-0.3, -0.25) is 9.59 Å². The summed E-state index contributed by atoms with van der Waals surface area (Å²) in [5.74, 6) is 2.07. The van der Waals surface area contributed by atoms with E-state index in [4.69, 9.17) is 18.9 Å². The molecule has 2 aromatic carbocycles. The summed E-state index contributed by atoms with van der Waals surface area (Å²) in [6, 6.07) is 10.2. The average Bonchev–Trinajstić information content (AvgIpc) is 3.13. The minimum Gasteiger partial charge on any atom is -0.486 e. The van der Waals surface area contributed by atoms with Crippen molar-refractivity contribution in [2.75, 3.05) is 25.3 Å². The molecule has 1 N–H and O–H groups in total. The number of carbonyl (C=O) groups excluding carboxylic acids is 2. The maximum Gasteiger partial charge on any atom is 0.231 e. The van der Waals surface area contributed by atoms with Gasteiger partial charge in [-0.25, -0.2) is 0 Å². The van der Waals surface area contributed by atoms with Gasteiger partial charge in [0, 0.05) is 30.2 Å². The van der Waals surface area contributed by atoms with Crippen LogP contribution in [0.5, 0.6) is 23.0 Å². The molecule has 0 fully saturated rings. The number of benzene rings is 2. The molecule has 7 nitrogen and oxygen atoms in total. The number of amides is 1. The Hall–Kier alpha value is -3.22. The smallest absolute Gasteiger partial charge is 0.231 e. The lowest BCUT2D eigenvalue weighted by Gasteiger charge is -2.18. The summed E-state index contributed by atoms with van der Waals surface area (Å²) in [5, 5.41) is 2.76. The highest BCUT2D eigenvalue weighted by Gasteiger charge is 2.17. The van der Waals surface area contributed by atoms with Crippen molar-refractivity contribution in [2.24, 2.45) is 0 Å². The lowest BCUT2D eigenvalue weighted by atomic mass is 10.1. The molecule has 2 heterocycles. The molecule has 0 bridgehead atoms. The Bertz CT molecular complexity index is 863. The van der Waals surface area contributed by atoms with Crippen LogP contribution in [0.25, 0.3) is 0 Å². The van der Waals surface area contributed by atoms with Gasteiger partial charge in [0.25, 0.3) is 0 Å². The van der Waals surface area contributed by atoms with E-state index in [9.17, 15) is 9.59 Å². The van der Waals surface area contributed by atoms with Crippen molar-refractivity contribution in [2.45, 2.75) is 12.8 Å². The number of Topliss-reactive ketones (excluding diaryl/α,β-unsaturated/α-hetero) is 1. The minimum atomic E-state index is -0.241. The topological polar surface area (TPSA) is 83.1 Å². The van der Waals surface area contributed by atoms with E-state index in [2.05, 4.69) is 5.32 Å². The Labute approximate surface area is 149 Å². The second-order valence-electron chi connectivity index (χ2n) is 5.90. The minimum absolute atomic E-state index is 0.0850. The van der Waals surface area contributed by atoms with Gasteiger partial charge in [-0.2, -0.15) is 0 Å². The van der Waals surface area contributed by atoms with Crippen LogP contribution >= 0.6 is 0 Å². The summed E-state index contributed by atoms with van der Waals surface area (Å²) in [7, 11) is 0. The lowest BCUT2D eigenvalue weighted by Crippen LogP contribution is -2.16. The highest BCUT2D eigenvalue weighted by molar-refractivity contribution is 6.00. The summed E-state index contributed by atoms with van der Waals surface area (Å²) in [6.45, 7) is 1.14. The van der Waals surface area contributed by atoms with E-state index in [0.29, 0.717) is 47.5 Å². The van der Waals surface area contributed by atoms with Gasteiger partial charge in [0.05, 0.1) is 0 Å². The summed E-state index contributed by atoms with van der Waals surface area (Å²) in [6.07, 6.45) is 0.192. The lowest BCUT2D eigenvalue weighted by molar-refractivity contribution is -0.116. The third-order valence-corrected chi connectivity index (χ3v) is 4.10. The molecule has 2 aromatic rings. The summed E-state index contributed by atoms with van der Waals surface area (Å²) in [5.41, 5.74) is 1.11. The maximum atomic E-state index is 12.3. The summed E-state index contributed by atoms with van der Waals surface area (Å²) >= 11 is 0. The number of ketones is 1. The number of rotatable bonds is 5. The molecule has 2 aliphatic heterocycles. The van der Waals surface area contributed by atoms with E-state index in [-0.39, 0.29) is 31.3 Å². The van der Waals surface area contributed by atoms with Crippen LogP contribution in [0, 0.1) is 0 Å². The van der Waals surface area contributed by atoms with Gasteiger partial charge in [0.2, 0.25) is 12.7 Å². The van der Waals surface area contributed by atoms with E-state index in [1.807, 2.05) is 0 Å². The molecule has 0 unspecified atom stereocenters. The standard InChI is InChI=1S/C19H17NO6/c21-14(12-1-4-15-17(9-12)24-8-7-23-15)3-6-19(22)20-13-2-5-16-18(10-13)26-11-25-16/h1-2,4-5,9-10H,3,6-8,11H2,(H,20,22). The van der Waals surface area contributed by atoms with Crippen molar-refractivity contribution in [3.8, 4) is 23.0 Å². The van der Waals surface area contributed by atoms with Gasteiger partial charge < -0.3 is 24.3 Å². The van der Waals surface area contributed by atoms with Crippen molar-refractivity contribution in [3.05, 3.63) is 42.0 Å². The van der Waals surface area contributed by atoms with Gasteiger partial charge >= 0.3 is 0 Å².